The molecule has 4 nitrogen and oxygen atoms in total. The monoisotopic (exact) mass is 220 g/mol. The minimum atomic E-state index is -1.25. The fraction of sp³-hybridized carbons (Fsp3) is 0.167. The van der Waals surface area contributed by atoms with Gasteiger partial charge < -0.3 is 10.2 Å². The van der Waals surface area contributed by atoms with E-state index in [1.165, 1.54) is 12.1 Å². The molecule has 0 amide bonds. The Labute approximate surface area is 92.8 Å². The van der Waals surface area contributed by atoms with Crippen LogP contribution in [0.4, 0.5) is 0 Å². The van der Waals surface area contributed by atoms with Crippen LogP contribution in [-0.2, 0) is 6.42 Å². The first kappa shape index (κ1) is 12.0. The van der Waals surface area contributed by atoms with Crippen LogP contribution in [0.2, 0.25) is 0 Å². The third kappa shape index (κ3) is 1.95. The van der Waals surface area contributed by atoms with Gasteiger partial charge in [-0.15, -0.1) is 0 Å². The number of rotatable bonds is 4. The lowest BCUT2D eigenvalue weighted by Gasteiger charge is -2.10. The van der Waals surface area contributed by atoms with Crippen molar-refractivity contribution in [3.05, 3.63) is 41.0 Å². The number of aromatic carboxylic acids is 2. The summed E-state index contributed by atoms with van der Waals surface area (Å²) < 4.78 is 0. The minimum absolute atomic E-state index is 0.193. The Balaban J connectivity index is 3.63. The third-order valence-electron chi connectivity index (χ3n) is 2.37. The molecule has 0 aliphatic carbocycles. The summed E-state index contributed by atoms with van der Waals surface area (Å²) in [4.78, 5) is 22.0. The number of carbonyl (C=O) groups is 2. The van der Waals surface area contributed by atoms with Crippen LogP contribution in [0, 0.1) is 0 Å². The molecule has 1 rings (SSSR count). The quantitative estimate of drug-likeness (QED) is 0.816. The normalized spacial score (nSPS) is 9.81. The minimum Gasteiger partial charge on any atom is -0.478 e. The van der Waals surface area contributed by atoms with Crippen LogP contribution >= 0.6 is 0 Å². The Morgan fingerprint density at radius 1 is 1.31 bits per heavy atom. The summed E-state index contributed by atoms with van der Waals surface area (Å²) in [6, 6.07) is 2.94. The molecule has 1 aromatic carbocycles. The van der Waals surface area contributed by atoms with Gasteiger partial charge in [0, 0.05) is 0 Å². The first-order chi connectivity index (χ1) is 7.52. The molecule has 0 bridgehead atoms. The predicted molar refractivity (Wildman–Crippen MR) is 59.8 cm³/mol. The molecule has 0 saturated heterocycles. The van der Waals surface area contributed by atoms with Crippen LogP contribution in [0.15, 0.2) is 18.7 Å². The van der Waals surface area contributed by atoms with Crippen molar-refractivity contribution in [2.75, 3.05) is 0 Å². The standard InChI is InChI=1S/C12H12O4/c1-3-7-5-6-9(11(13)14)10(12(15)16)8(7)4-2/h4-6H,2-3H2,1H3,(H,13,14)(H,15,16). The first-order valence-electron chi connectivity index (χ1n) is 4.77. The van der Waals surface area contributed by atoms with E-state index in [2.05, 4.69) is 6.58 Å². The Kier molecular flexibility index (Phi) is 3.45. The number of hydrogen-bond donors (Lipinski definition) is 2. The molecule has 0 saturated carbocycles. The molecule has 1 aromatic rings. The summed E-state index contributed by atoms with van der Waals surface area (Å²) in [6.07, 6.45) is 2.01. The van der Waals surface area contributed by atoms with Gasteiger partial charge in [0.1, 0.15) is 0 Å². The number of carboxylic acid groups (broad SMARTS) is 2. The molecule has 0 spiro atoms. The van der Waals surface area contributed by atoms with E-state index in [4.69, 9.17) is 10.2 Å². The molecule has 0 aromatic heterocycles. The Bertz CT molecular complexity index is 460. The van der Waals surface area contributed by atoms with E-state index >= 15 is 0 Å². The van der Waals surface area contributed by atoms with Gasteiger partial charge in [0.2, 0.25) is 0 Å². The van der Waals surface area contributed by atoms with E-state index in [9.17, 15) is 9.59 Å². The molecule has 0 radical (unpaired) electrons. The summed E-state index contributed by atoms with van der Waals surface area (Å²) in [5.41, 5.74) is 0.758. The maximum atomic E-state index is 11.1. The molecule has 84 valence electrons. The fourth-order valence-corrected chi connectivity index (χ4v) is 1.61. The Hall–Kier alpha value is -2.10. The Morgan fingerprint density at radius 3 is 2.31 bits per heavy atom. The lowest BCUT2D eigenvalue weighted by molar-refractivity contribution is 0.0651. The zero-order chi connectivity index (χ0) is 12.3. The average Bonchev–Trinajstić information content (AvgIpc) is 2.26. The van der Waals surface area contributed by atoms with E-state index < -0.39 is 11.9 Å². The highest BCUT2D eigenvalue weighted by molar-refractivity contribution is 6.04. The second-order valence-corrected chi connectivity index (χ2v) is 3.23. The van der Waals surface area contributed by atoms with Gasteiger partial charge in [0.05, 0.1) is 11.1 Å². The molecular weight excluding hydrogens is 208 g/mol. The summed E-state index contributed by atoms with van der Waals surface area (Å²) in [5.74, 6) is -2.49. The first-order valence-corrected chi connectivity index (χ1v) is 4.77. The van der Waals surface area contributed by atoms with Crippen LogP contribution < -0.4 is 0 Å². The van der Waals surface area contributed by atoms with Gasteiger partial charge in [-0.1, -0.05) is 25.6 Å². The van der Waals surface area contributed by atoms with Gasteiger partial charge in [-0.2, -0.15) is 0 Å². The molecule has 0 fully saturated rings. The van der Waals surface area contributed by atoms with E-state index in [1.54, 1.807) is 6.07 Å². The Morgan fingerprint density at radius 2 is 1.94 bits per heavy atom. The summed E-state index contributed by atoms with van der Waals surface area (Å²) >= 11 is 0. The van der Waals surface area contributed by atoms with Gasteiger partial charge in [-0.05, 0) is 23.6 Å². The lowest BCUT2D eigenvalue weighted by atomic mass is 9.94. The summed E-state index contributed by atoms with van der Waals surface area (Å²) in [7, 11) is 0. The van der Waals surface area contributed by atoms with Crippen LogP contribution in [-0.4, -0.2) is 22.2 Å². The lowest BCUT2D eigenvalue weighted by Crippen LogP contribution is -2.11. The maximum absolute atomic E-state index is 11.1. The van der Waals surface area contributed by atoms with Gasteiger partial charge in [0.25, 0.3) is 0 Å². The smallest absolute Gasteiger partial charge is 0.337 e. The van der Waals surface area contributed by atoms with E-state index in [-0.39, 0.29) is 11.1 Å². The topological polar surface area (TPSA) is 74.6 Å². The van der Waals surface area contributed by atoms with Gasteiger partial charge in [-0.25, -0.2) is 9.59 Å². The van der Waals surface area contributed by atoms with Crippen molar-refractivity contribution >= 4 is 18.0 Å². The molecule has 0 unspecified atom stereocenters. The van der Waals surface area contributed by atoms with Crippen molar-refractivity contribution in [1.82, 2.24) is 0 Å². The van der Waals surface area contributed by atoms with E-state index in [1.807, 2.05) is 6.92 Å². The van der Waals surface area contributed by atoms with Crippen LogP contribution in [0.5, 0.6) is 0 Å². The molecule has 0 aliphatic rings. The third-order valence-corrected chi connectivity index (χ3v) is 2.37. The highest BCUT2D eigenvalue weighted by Crippen LogP contribution is 2.21. The second-order valence-electron chi connectivity index (χ2n) is 3.23. The number of hydrogen-bond acceptors (Lipinski definition) is 2. The van der Waals surface area contributed by atoms with E-state index in [0.717, 1.165) is 5.56 Å². The van der Waals surface area contributed by atoms with Crippen molar-refractivity contribution in [1.29, 1.82) is 0 Å². The second kappa shape index (κ2) is 4.61. The molecule has 4 heteroatoms. The molecule has 0 aliphatic heterocycles. The van der Waals surface area contributed by atoms with Crippen molar-refractivity contribution in [3.63, 3.8) is 0 Å². The fourth-order valence-electron chi connectivity index (χ4n) is 1.61. The molecule has 0 atom stereocenters. The van der Waals surface area contributed by atoms with Crippen molar-refractivity contribution in [2.24, 2.45) is 0 Å². The van der Waals surface area contributed by atoms with Gasteiger partial charge in [0.15, 0.2) is 0 Å². The van der Waals surface area contributed by atoms with Crippen molar-refractivity contribution < 1.29 is 19.8 Å². The van der Waals surface area contributed by atoms with Crippen LogP contribution in [0.3, 0.4) is 0 Å². The highest BCUT2D eigenvalue weighted by Gasteiger charge is 2.20. The highest BCUT2D eigenvalue weighted by atomic mass is 16.4. The predicted octanol–water partition coefficient (Wildman–Crippen LogP) is 2.29. The number of benzene rings is 1. The summed E-state index contributed by atoms with van der Waals surface area (Å²) in [6.45, 7) is 5.40. The average molecular weight is 220 g/mol. The van der Waals surface area contributed by atoms with Crippen LogP contribution in [0.1, 0.15) is 38.8 Å². The zero-order valence-electron chi connectivity index (χ0n) is 8.86. The summed E-state index contributed by atoms with van der Waals surface area (Å²) in [5, 5.41) is 17.9. The van der Waals surface area contributed by atoms with Crippen LogP contribution in [0.25, 0.3) is 6.08 Å². The number of aryl methyl sites for hydroxylation is 1. The van der Waals surface area contributed by atoms with Crippen molar-refractivity contribution in [3.8, 4) is 0 Å². The molecule has 2 N–H and O–H groups in total. The zero-order valence-corrected chi connectivity index (χ0v) is 8.86. The number of carboxylic acids is 2. The molecular formula is C12H12O4. The molecule has 0 heterocycles. The van der Waals surface area contributed by atoms with Gasteiger partial charge in [-0.3, -0.25) is 0 Å². The SMILES string of the molecule is C=Cc1c(CC)ccc(C(=O)O)c1C(=O)O. The maximum Gasteiger partial charge on any atom is 0.337 e. The largest absolute Gasteiger partial charge is 0.478 e. The van der Waals surface area contributed by atoms with Gasteiger partial charge >= 0.3 is 11.9 Å². The van der Waals surface area contributed by atoms with E-state index in [0.29, 0.717) is 12.0 Å². The molecule has 16 heavy (non-hydrogen) atoms. The van der Waals surface area contributed by atoms with Crippen molar-refractivity contribution in [2.45, 2.75) is 13.3 Å².